The third-order valence-electron chi connectivity index (χ3n) is 2.34. The van der Waals surface area contributed by atoms with E-state index in [1.807, 2.05) is 0 Å². The van der Waals surface area contributed by atoms with E-state index >= 15 is 0 Å². The molecule has 0 aliphatic heterocycles. The maximum Gasteiger partial charge on any atom is 0.339 e. The average molecular weight is 291 g/mol. The number of ether oxygens (including phenoxy) is 1. The van der Waals surface area contributed by atoms with E-state index in [0.717, 1.165) is 6.42 Å². The summed E-state index contributed by atoms with van der Waals surface area (Å²) in [5.41, 5.74) is 0.101. The second-order valence-electron chi connectivity index (χ2n) is 5.23. The molecule has 0 aliphatic rings. The van der Waals surface area contributed by atoms with Gasteiger partial charge in [-0.2, -0.15) is 0 Å². The Balaban J connectivity index is 2.91. The van der Waals surface area contributed by atoms with Crippen molar-refractivity contribution in [3.8, 4) is 5.75 Å². The first-order valence-electron chi connectivity index (χ1n) is 5.56. The highest BCUT2D eigenvalue weighted by atomic mass is 35.5. The zero-order chi connectivity index (χ0) is 13.9. The van der Waals surface area contributed by atoms with Crippen LogP contribution in [-0.2, 0) is 0 Å². The van der Waals surface area contributed by atoms with Crippen LogP contribution in [0.1, 0.15) is 37.6 Å². The number of aromatic carboxylic acids is 1. The number of hydrogen-bond acceptors (Lipinski definition) is 2. The molecule has 1 aromatic rings. The van der Waals surface area contributed by atoms with Gasteiger partial charge in [-0.15, -0.1) is 0 Å². The molecule has 3 nitrogen and oxygen atoms in total. The predicted molar refractivity (Wildman–Crippen MR) is 73.0 cm³/mol. The highest BCUT2D eigenvalue weighted by Gasteiger charge is 2.18. The van der Waals surface area contributed by atoms with E-state index in [0.29, 0.717) is 6.61 Å². The topological polar surface area (TPSA) is 46.5 Å². The van der Waals surface area contributed by atoms with Crippen molar-refractivity contribution in [3.05, 3.63) is 27.7 Å². The van der Waals surface area contributed by atoms with Crippen LogP contribution in [0.15, 0.2) is 12.1 Å². The fourth-order valence-electron chi connectivity index (χ4n) is 1.33. The van der Waals surface area contributed by atoms with Crippen LogP contribution in [0.4, 0.5) is 0 Å². The van der Waals surface area contributed by atoms with Crippen LogP contribution in [0, 0.1) is 5.41 Å². The SMILES string of the molecule is CC(C)(C)CCOc1c(Cl)cc(Cl)cc1C(=O)O. The van der Waals surface area contributed by atoms with E-state index in [-0.39, 0.29) is 26.8 Å². The lowest BCUT2D eigenvalue weighted by Crippen LogP contribution is -2.12. The molecular formula is C13H16Cl2O3. The summed E-state index contributed by atoms with van der Waals surface area (Å²) in [5.74, 6) is -0.928. The van der Waals surface area contributed by atoms with Crippen LogP contribution >= 0.6 is 23.2 Å². The van der Waals surface area contributed by atoms with Crippen molar-refractivity contribution < 1.29 is 14.6 Å². The van der Waals surface area contributed by atoms with Crippen LogP contribution in [0.3, 0.4) is 0 Å². The van der Waals surface area contributed by atoms with Crippen LogP contribution < -0.4 is 4.74 Å². The summed E-state index contributed by atoms with van der Waals surface area (Å²) in [4.78, 5) is 11.1. The largest absolute Gasteiger partial charge is 0.491 e. The highest BCUT2D eigenvalue weighted by Crippen LogP contribution is 2.33. The Morgan fingerprint density at radius 3 is 2.44 bits per heavy atom. The molecule has 0 heterocycles. The van der Waals surface area contributed by atoms with E-state index in [4.69, 9.17) is 33.0 Å². The summed E-state index contributed by atoms with van der Waals surface area (Å²) in [7, 11) is 0. The van der Waals surface area contributed by atoms with Crippen molar-refractivity contribution in [2.75, 3.05) is 6.61 Å². The van der Waals surface area contributed by atoms with Crippen molar-refractivity contribution in [1.82, 2.24) is 0 Å². The number of carboxylic acid groups (broad SMARTS) is 1. The first-order chi connectivity index (χ1) is 8.20. The van der Waals surface area contributed by atoms with Gasteiger partial charge in [0.1, 0.15) is 5.56 Å². The third-order valence-corrected chi connectivity index (χ3v) is 2.84. The van der Waals surface area contributed by atoms with Crippen LogP contribution in [-0.4, -0.2) is 17.7 Å². The van der Waals surface area contributed by atoms with Crippen LogP contribution in [0.5, 0.6) is 5.75 Å². The smallest absolute Gasteiger partial charge is 0.339 e. The molecule has 0 saturated heterocycles. The summed E-state index contributed by atoms with van der Waals surface area (Å²) in [6.07, 6.45) is 0.797. The summed E-state index contributed by atoms with van der Waals surface area (Å²) < 4.78 is 5.49. The van der Waals surface area contributed by atoms with Crippen molar-refractivity contribution in [3.63, 3.8) is 0 Å². The molecule has 0 amide bonds. The monoisotopic (exact) mass is 290 g/mol. The normalized spacial score (nSPS) is 11.4. The van der Waals surface area contributed by atoms with E-state index in [2.05, 4.69) is 20.8 Å². The van der Waals surface area contributed by atoms with Gasteiger partial charge >= 0.3 is 5.97 Å². The minimum Gasteiger partial charge on any atom is -0.491 e. The Hall–Kier alpha value is -0.930. The summed E-state index contributed by atoms with van der Waals surface area (Å²) >= 11 is 11.7. The molecule has 0 radical (unpaired) electrons. The second-order valence-corrected chi connectivity index (χ2v) is 6.07. The molecule has 0 bridgehead atoms. The Morgan fingerprint density at radius 2 is 1.94 bits per heavy atom. The number of rotatable bonds is 4. The van der Waals surface area contributed by atoms with Gasteiger partial charge in [-0.3, -0.25) is 0 Å². The van der Waals surface area contributed by atoms with E-state index in [1.54, 1.807) is 0 Å². The summed E-state index contributed by atoms with van der Waals surface area (Å²) in [5, 5.41) is 9.57. The lowest BCUT2D eigenvalue weighted by atomic mass is 9.93. The first kappa shape index (κ1) is 15.1. The predicted octanol–water partition coefficient (Wildman–Crippen LogP) is 4.51. The van der Waals surface area contributed by atoms with Crippen molar-refractivity contribution >= 4 is 29.2 Å². The molecule has 0 unspecified atom stereocenters. The molecule has 1 aromatic carbocycles. The lowest BCUT2D eigenvalue weighted by molar-refractivity contribution is 0.0692. The molecule has 0 fully saturated rings. The van der Waals surface area contributed by atoms with Gasteiger partial charge in [0.25, 0.3) is 0 Å². The minimum atomic E-state index is -1.11. The Bertz CT molecular complexity index is 450. The summed E-state index contributed by atoms with van der Waals surface area (Å²) in [6, 6.07) is 2.81. The minimum absolute atomic E-state index is 0.0126. The molecule has 1 N–H and O–H groups in total. The highest BCUT2D eigenvalue weighted by molar-refractivity contribution is 6.36. The van der Waals surface area contributed by atoms with Gasteiger partial charge in [-0.05, 0) is 24.0 Å². The van der Waals surface area contributed by atoms with Gasteiger partial charge < -0.3 is 9.84 Å². The standard InChI is InChI=1S/C13H16Cl2O3/c1-13(2,3)4-5-18-11-9(12(16)17)6-8(14)7-10(11)15/h6-7H,4-5H2,1-3H3,(H,16,17). The molecule has 0 atom stereocenters. The van der Waals surface area contributed by atoms with Crippen molar-refractivity contribution in [2.45, 2.75) is 27.2 Å². The van der Waals surface area contributed by atoms with Gasteiger partial charge in [0.2, 0.25) is 0 Å². The number of benzene rings is 1. The molecule has 0 aliphatic carbocycles. The molecule has 0 aromatic heterocycles. The van der Waals surface area contributed by atoms with Crippen LogP contribution in [0.25, 0.3) is 0 Å². The third kappa shape index (κ3) is 4.39. The molecule has 0 saturated carbocycles. The zero-order valence-electron chi connectivity index (χ0n) is 10.6. The quantitative estimate of drug-likeness (QED) is 0.888. The number of carbonyl (C=O) groups is 1. The van der Waals surface area contributed by atoms with E-state index < -0.39 is 5.97 Å². The van der Waals surface area contributed by atoms with Gasteiger partial charge in [0, 0.05) is 5.02 Å². The number of halogens is 2. The molecule has 100 valence electrons. The number of hydrogen-bond donors (Lipinski definition) is 1. The summed E-state index contributed by atoms with van der Waals surface area (Å²) in [6.45, 7) is 6.65. The zero-order valence-corrected chi connectivity index (χ0v) is 12.1. The molecular weight excluding hydrogens is 275 g/mol. The lowest BCUT2D eigenvalue weighted by Gasteiger charge is -2.19. The average Bonchev–Trinajstić information content (AvgIpc) is 2.18. The van der Waals surface area contributed by atoms with Gasteiger partial charge in [-0.25, -0.2) is 4.79 Å². The maximum atomic E-state index is 11.1. The Labute approximate surface area is 117 Å². The molecule has 5 heteroatoms. The first-order valence-corrected chi connectivity index (χ1v) is 6.31. The van der Waals surface area contributed by atoms with Crippen molar-refractivity contribution in [2.24, 2.45) is 5.41 Å². The molecule has 1 rings (SSSR count). The van der Waals surface area contributed by atoms with Crippen molar-refractivity contribution in [1.29, 1.82) is 0 Å². The number of carboxylic acids is 1. The Morgan fingerprint density at radius 1 is 1.33 bits per heavy atom. The molecule has 0 spiro atoms. The maximum absolute atomic E-state index is 11.1. The van der Waals surface area contributed by atoms with Gasteiger partial charge in [0.05, 0.1) is 11.6 Å². The molecule has 18 heavy (non-hydrogen) atoms. The van der Waals surface area contributed by atoms with Crippen LogP contribution in [0.2, 0.25) is 10.0 Å². The Kier molecular flexibility index (Phi) is 4.88. The van der Waals surface area contributed by atoms with Gasteiger partial charge in [0.15, 0.2) is 5.75 Å². The van der Waals surface area contributed by atoms with E-state index in [9.17, 15) is 4.79 Å². The fraction of sp³-hybridized carbons (Fsp3) is 0.462. The van der Waals surface area contributed by atoms with Gasteiger partial charge in [-0.1, -0.05) is 44.0 Å². The fourth-order valence-corrected chi connectivity index (χ4v) is 1.87. The second kappa shape index (κ2) is 5.81. The van der Waals surface area contributed by atoms with E-state index in [1.165, 1.54) is 12.1 Å².